The molecule has 8 heteroatoms. The van der Waals surface area contributed by atoms with Gasteiger partial charge in [0.05, 0.1) is 11.4 Å². The first-order valence-electron chi connectivity index (χ1n) is 7.99. The average molecular weight is 355 g/mol. The summed E-state index contributed by atoms with van der Waals surface area (Å²) in [5, 5.41) is 8.85. The minimum Gasteiger partial charge on any atom is -0.324 e. The van der Waals surface area contributed by atoms with Crippen molar-refractivity contribution in [3.63, 3.8) is 0 Å². The number of halogens is 2. The van der Waals surface area contributed by atoms with Crippen LogP contribution in [-0.2, 0) is 11.2 Å². The van der Waals surface area contributed by atoms with Crippen LogP contribution in [0.4, 0.5) is 20.6 Å². The molecule has 0 unspecified atom stereocenters. The molecule has 3 N–H and O–H groups in total. The summed E-state index contributed by atoms with van der Waals surface area (Å²) in [4.78, 5) is 25.9. The van der Waals surface area contributed by atoms with Gasteiger partial charge in [0.2, 0.25) is 5.91 Å². The number of likely N-dealkylation sites (tertiary alicyclic amines) is 1. The Morgan fingerprint density at radius 3 is 2.62 bits per heavy atom. The molecule has 0 aromatic heterocycles. The van der Waals surface area contributed by atoms with E-state index in [-0.39, 0.29) is 24.3 Å². The number of urea groups is 1. The van der Waals surface area contributed by atoms with Gasteiger partial charge in [0.1, 0.15) is 5.82 Å². The number of hydrogen-bond donors (Lipinski definition) is 3. The monoisotopic (exact) mass is 354 g/mol. The number of anilines is 2. The van der Waals surface area contributed by atoms with Crippen LogP contribution in [0.2, 0.25) is 0 Å². The molecule has 2 atom stereocenters. The molecule has 0 bridgehead atoms. The molecule has 2 saturated heterocycles. The number of fused-ring (bicyclic) bond motifs is 2. The number of benzene rings is 1. The summed E-state index contributed by atoms with van der Waals surface area (Å²) in [6.45, 7) is 3.32. The van der Waals surface area contributed by atoms with E-state index in [4.69, 9.17) is 0 Å². The highest BCUT2D eigenvalue weighted by atomic mass is 35.5. The molecule has 6 nitrogen and oxygen atoms in total. The third-order valence-corrected chi connectivity index (χ3v) is 4.99. The van der Waals surface area contributed by atoms with Crippen LogP contribution in [-0.4, -0.2) is 43.0 Å². The fourth-order valence-electron chi connectivity index (χ4n) is 3.77. The van der Waals surface area contributed by atoms with Crippen LogP contribution in [0.1, 0.15) is 12.0 Å². The Morgan fingerprint density at radius 1 is 1.21 bits per heavy atom. The molecule has 3 aliphatic rings. The third-order valence-electron chi connectivity index (χ3n) is 4.99. The zero-order valence-electron chi connectivity index (χ0n) is 13.1. The maximum atomic E-state index is 13.8. The number of hydrogen-bond acceptors (Lipinski definition) is 3. The molecular weight excluding hydrogens is 335 g/mol. The molecule has 3 amide bonds. The van der Waals surface area contributed by atoms with Gasteiger partial charge in [-0.05, 0) is 36.0 Å². The topological polar surface area (TPSA) is 73.5 Å². The van der Waals surface area contributed by atoms with Crippen LogP contribution in [0.15, 0.2) is 12.1 Å². The van der Waals surface area contributed by atoms with Gasteiger partial charge >= 0.3 is 6.03 Å². The number of nitrogens with zero attached hydrogens (tertiary/aromatic N) is 1. The standard InChI is InChI=1S/C16H19FN4O2.ClH/c17-12-3-9-1-2-14(22)20-15(9)13(4-12)19-16(23)21-7-10-5-18-6-11(10)8-21;/h3-4,10-11,18H,1-2,5-8H2,(H,19,23)(H,20,22);1H/t10-,11+;. The summed E-state index contributed by atoms with van der Waals surface area (Å²) in [6.07, 6.45) is 0.827. The molecule has 1 aromatic carbocycles. The lowest BCUT2D eigenvalue weighted by Crippen LogP contribution is -2.35. The predicted octanol–water partition coefficient (Wildman–Crippen LogP) is 1.82. The van der Waals surface area contributed by atoms with Crippen molar-refractivity contribution in [2.24, 2.45) is 11.8 Å². The SMILES string of the molecule is Cl.O=C1CCc2cc(F)cc(NC(=O)N3C[C@H]4CNC[C@H]4C3)c2N1. The van der Waals surface area contributed by atoms with Gasteiger partial charge in [-0.1, -0.05) is 0 Å². The van der Waals surface area contributed by atoms with Crippen molar-refractivity contribution in [2.75, 3.05) is 36.8 Å². The summed E-state index contributed by atoms with van der Waals surface area (Å²) in [5.74, 6) is 0.489. The van der Waals surface area contributed by atoms with Crippen molar-refractivity contribution in [3.05, 3.63) is 23.5 Å². The van der Waals surface area contributed by atoms with Crippen molar-refractivity contribution in [1.29, 1.82) is 0 Å². The van der Waals surface area contributed by atoms with Crippen LogP contribution in [0, 0.1) is 17.7 Å². The van der Waals surface area contributed by atoms with Crippen molar-refractivity contribution in [2.45, 2.75) is 12.8 Å². The van der Waals surface area contributed by atoms with Gasteiger partial charge in [-0.15, -0.1) is 12.4 Å². The van der Waals surface area contributed by atoms with Crippen molar-refractivity contribution >= 4 is 35.7 Å². The molecule has 0 aliphatic carbocycles. The van der Waals surface area contributed by atoms with E-state index in [2.05, 4.69) is 16.0 Å². The number of carbonyl (C=O) groups excluding carboxylic acids is 2. The molecule has 3 heterocycles. The molecule has 130 valence electrons. The first kappa shape index (κ1) is 17.0. The summed E-state index contributed by atoms with van der Waals surface area (Å²) in [7, 11) is 0. The smallest absolute Gasteiger partial charge is 0.321 e. The maximum Gasteiger partial charge on any atom is 0.321 e. The molecule has 2 fully saturated rings. The van der Waals surface area contributed by atoms with Gasteiger partial charge in [0.25, 0.3) is 0 Å². The van der Waals surface area contributed by atoms with Gasteiger partial charge in [0.15, 0.2) is 0 Å². The van der Waals surface area contributed by atoms with E-state index in [0.717, 1.165) is 18.7 Å². The number of amides is 3. The average Bonchev–Trinajstić information content (AvgIpc) is 3.09. The van der Waals surface area contributed by atoms with Crippen LogP contribution >= 0.6 is 12.4 Å². The fourth-order valence-corrected chi connectivity index (χ4v) is 3.77. The quantitative estimate of drug-likeness (QED) is 0.720. The molecule has 3 aliphatic heterocycles. The Labute approximate surface area is 145 Å². The second-order valence-corrected chi connectivity index (χ2v) is 6.55. The predicted molar refractivity (Wildman–Crippen MR) is 91.0 cm³/mol. The lowest BCUT2D eigenvalue weighted by atomic mass is 10.0. The zero-order valence-corrected chi connectivity index (χ0v) is 13.9. The summed E-state index contributed by atoms with van der Waals surface area (Å²) >= 11 is 0. The van der Waals surface area contributed by atoms with Crippen LogP contribution in [0.5, 0.6) is 0 Å². The van der Waals surface area contributed by atoms with E-state index in [1.54, 1.807) is 4.90 Å². The van der Waals surface area contributed by atoms with Crippen LogP contribution < -0.4 is 16.0 Å². The van der Waals surface area contributed by atoms with Gasteiger partial charge in [-0.3, -0.25) is 4.79 Å². The Morgan fingerprint density at radius 2 is 1.92 bits per heavy atom. The fraction of sp³-hybridized carbons (Fsp3) is 0.500. The summed E-state index contributed by atoms with van der Waals surface area (Å²) in [6, 6.07) is 2.45. The summed E-state index contributed by atoms with van der Waals surface area (Å²) in [5.41, 5.74) is 1.59. The van der Waals surface area contributed by atoms with Gasteiger partial charge < -0.3 is 20.9 Å². The minimum absolute atomic E-state index is 0. The van der Waals surface area contributed by atoms with E-state index >= 15 is 0 Å². The van der Waals surface area contributed by atoms with Gasteiger partial charge in [-0.2, -0.15) is 0 Å². The number of nitrogens with one attached hydrogen (secondary N) is 3. The largest absolute Gasteiger partial charge is 0.324 e. The third kappa shape index (κ3) is 3.06. The highest BCUT2D eigenvalue weighted by Crippen LogP contribution is 2.33. The molecule has 0 spiro atoms. The zero-order chi connectivity index (χ0) is 16.0. The normalized spacial score (nSPS) is 24.7. The second kappa shape index (κ2) is 6.57. The maximum absolute atomic E-state index is 13.8. The lowest BCUT2D eigenvalue weighted by molar-refractivity contribution is -0.116. The number of carbonyl (C=O) groups is 2. The molecule has 4 rings (SSSR count). The Balaban J connectivity index is 0.00000169. The van der Waals surface area contributed by atoms with Gasteiger partial charge in [-0.25, -0.2) is 9.18 Å². The molecule has 0 saturated carbocycles. The van der Waals surface area contributed by atoms with E-state index in [0.29, 0.717) is 49.1 Å². The Hall–Kier alpha value is -1.86. The van der Waals surface area contributed by atoms with Crippen molar-refractivity contribution < 1.29 is 14.0 Å². The lowest BCUT2D eigenvalue weighted by Gasteiger charge is -2.23. The van der Waals surface area contributed by atoms with Crippen LogP contribution in [0.25, 0.3) is 0 Å². The summed E-state index contributed by atoms with van der Waals surface area (Å²) < 4.78 is 13.8. The van der Waals surface area contributed by atoms with Gasteiger partial charge in [0, 0.05) is 32.6 Å². The first-order valence-corrected chi connectivity index (χ1v) is 7.99. The van der Waals surface area contributed by atoms with Crippen LogP contribution in [0.3, 0.4) is 0 Å². The number of rotatable bonds is 1. The van der Waals surface area contributed by atoms with E-state index in [9.17, 15) is 14.0 Å². The Kier molecular flexibility index (Phi) is 4.64. The highest BCUT2D eigenvalue weighted by Gasteiger charge is 2.38. The van der Waals surface area contributed by atoms with E-state index in [1.165, 1.54) is 12.1 Å². The Bertz CT molecular complexity index is 672. The van der Waals surface area contributed by atoms with Crippen molar-refractivity contribution in [1.82, 2.24) is 10.2 Å². The minimum atomic E-state index is -0.405. The number of aryl methyl sites for hydroxylation is 1. The molecular formula is C16H20ClFN4O2. The second-order valence-electron chi connectivity index (χ2n) is 6.55. The highest BCUT2D eigenvalue weighted by molar-refractivity contribution is 6.01. The van der Waals surface area contributed by atoms with E-state index in [1.807, 2.05) is 0 Å². The first-order chi connectivity index (χ1) is 11.1. The molecule has 0 radical (unpaired) electrons. The van der Waals surface area contributed by atoms with Crippen molar-refractivity contribution in [3.8, 4) is 0 Å². The molecule has 24 heavy (non-hydrogen) atoms. The molecule has 1 aromatic rings. The van der Waals surface area contributed by atoms with E-state index < -0.39 is 5.82 Å².